The van der Waals surface area contributed by atoms with E-state index in [9.17, 15) is 5.11 Å². The van der Waals surface area contributed by atoms with E-state index in [1.807, 2.05) is 0 Å². The number of aliphatic hydroxyl groups excluding tert-OH is 1. The Kier molecular flexibility index (Phi) is 4.15. The van der Waals surface area contributed by atoms with Crippen LogP contribution in [0.4, 0.5) is 0 Å². The quantitative estimate of drug-likeness (QED) is 0.891. The second-order valence-electron chi connectivity index (χ2n) is 9.32. The Labute approximate surface area is 151 Å². The molecule has 136 valence electrons. The Balaban J connectivity index is 1.15. The molecule has 0 radical (unpaired) electrons. The zero-order valence-corrected chi connectivity index (χ0v) is 15.2. The first-order chi connectivity index (χ1) is 12.2. The molecule has 1 atom stereocenters. The predicted octanol–water partition coefficient (Wildman–Crippen LogP) is 3.39. The highest BCUT2D eigenvalue weighted by atomic mass is 16.5. The fraction of sp³-hybridized carbons (Fsp3) is 0.727. The normalized spacial score (nSPS) is 37.9. The van der Waals surface area contributed by atoms with Crippen LogP contribution in [0, 0.1) is 17.8 Å². The van der Waals surface area contributed by atoms with E-state index in [-0.39, 0.29) is 11.7 Å². The highest BCUT2D eigenvalue weighted by molar-refractivity contribution is 5.29. The molecule has 5 aliphatic rings. The molecule has 0 saturated heterocycles. The van der Waals surface area contributed by atoms with Crippen molar-refractivity contribution >= 4 is 0 Å². The largest absolute Gasteiger partial charge is 0.389 e. The lowest BCUT2D eigenvalue weighted by Crippen LogP contribution is -2.53. The fourth-order valence-corrected chi connectivity index (χ4v) is 6.54. The van der Waals surface area contributed by atoms with Crippen LogP contribution in [0.15, 0.2) is 24.3 Å². The third kappa shape index (κ3) is 3.27. The predicted molar refractivity (Wildman–Crippen MR) is 98.3 cm³/mol. The van der Waals surface area contributed by atoms with Gasteiger partial charge >= 0.3 is 0 Å². The first kappa shape index (κ1) is 16.3. The number of ether oxygens (including phenoxy) is 1. The van der Waals surface area contributed by atoms with Gasteiger partial charge in [0.1, 0.15) is 0 Å². The monoisotopic (exact) mass is 341 g/mol. The summed E-state index contributed by atoms with van der Waals surface area (Å²) in [5.74, 6) is 2.71. The minimum atomic E-state index is -0.363. The van der Waals surface area contributed by atoms with Gasteiger partial charge in [0.15, 0.2) is 0 Å². The Bertz CT molecular complexity index is 593. The van der Waals surface area contributed by atoms with Crippen LogP contribution in [-0.4, -0.2) is 41.4 Å². The van der Waals surface area contributed by atoms with Crippen molar-refractivity contribution in [3.63, 3.8) is 0 Å². The molecule has 4 bridgehead atoms. The van der Waals surface area contributed by atoms with Gasteiger partial charge in [-0.1, -0.05) is 24.3 Å². The summed E-state index contributed by atoms with van der Waals surface area (Å²) in [5, 5.41) is 10.6. The highest BCUT2D eigenvalue weighted by Gasteiger charge is 2.51. The minimum Gasteiger partial charge on any atom is -0.389 e. The van der Waals surface area contributed by atoms with Gasteiger partial charge < -0.3 is 9.84 Å². The van der Waals surface area contributed by atoms with Gasteiger partial charge in [0, 0.05) is 19.6 Å². The van der Waals surface area contributed by atoms with Gasteiger partial charge in [-0.05, 0) is 73.8 Å². The van der Waals surface area contributed by atoms with E-state index in [0.29, 0.717) is 6.61 Å². The van der Waals surface area contributed by atoms with Crippen molar-refractivity contribution in [3.8, 4) is 0 Å². The molecule has 4 saturated carbocycles. The topological polar surface area (TPSA) is 32.7 Å². The number of β-amino-alcohol motifs (C(OH)–C–C–N with tert-alkyl or cyclic N) is 1. The molecule has 3 nitrogen and oxygen atoms in total. The van der Waals surface area contributed by atoms with Crippen molar-refractivity contribution in [3.05, 3.63) is 35.4 Å². The van der Waals surface area contributed by atoms with Crippen molar-refractivity contribution in [1.29, 1.82) is 0 Å². The standard InChI is InChI=1S/C22H31NO2/c24-21(14-23-6-5-19-3-1-2-4-20(19)13-23)15-25-22-10-16-7-17(11-22)9-18(8-16)12-22/h1-4,16-18,21,24H,5-15H2. The zero-order valence-electron chi connectivity index (χ0n) is 15.2. The molecule has 0 aromatic heterocycles. The minimum absolute atomic E-state index is 0.115. The number of hydrogen-bond acceptors (Lipinski definition) is 3. The van der Waals surface area contributed by atoms with Gasteiger partial charge in [-0.25, -0.2) is 0 Å². The molecule has 0 amide bonds. The van der Waals surface area contributed by atoms with E-state index in [0.717, 1.165) is 43.8 Å². The smallest absolute Gasteiger partial charge is 0.0900 e. The Morgan fingerprint density at radius 1 is 1.04 bits per heavy atom. The molecule has 1 unspecified atom stereocenters. The third-order valence-corrected chi connectivity index (χ3v) is 7.24. The molecule has 0 spiro atoms. The van der Waals surface area contributed by atoms with E-state index < -0.39 is 0 Å². The number of nitrogens with zero attached hydrogens (tertiary/aromatic N) is 1. The van der Waals surface area contributed by atoms with Crippen LogP contribution in [0.5, 0.6) is 0 Å². The van der Waals surface area contributed by atoms with Crippen LogP contribution in [-0.2, 0) is 17.7 Å². The number of fused-ring (bicyclic) bond motifs is 1. The average Bonchev–Trinajstić information content (AvgIpc) is 2.59. The summed E-state index contributed by atoms with van der Waals surface area (Å²) in [7, 11) is 0. The van der Waals surface area contributed by atoms with Crippen LogP contribution in [0.3, 0.4) is 0 Å². The van der Waals surface area contributed by atoms with Crippen LogP contribution in [0.25, 0.3) is 0 Å². The van der Waals surface area contributed by atoms with Gasteiger partial charge in [0.05, 0.1) is 18.3 Å². The number of rotatable bonds is 5. The van der Waals surface area contributed by atoms with E-state index in [1.165, 1.54) is 49.7 Å². The molecular weight excluding hydrogens is 310 g/mol. The molecular formula is C22H31NO2. The van der Waals surface area contributed by atoms with Gasteiger partial charge in [0.2, 0.25) is 0 Å². The lowest BCUT2D eigenvalue weighted by atomic mass is 9.54. The van der Waals surface area contributed by atoms with Crippen molar-refractivity contribution < 1.29 is 9.84 Å². The van der Waals surface area contributed by atoms with Crippen LogP contribution < -0.4 is 0 Å². The molecule has 4 aliphatic carbocycles. The summed E-state index contributed by atoms with van der Waals surface area (Å²) in [6.45, 7) is 3.26. The molecule has 1 heterocycles. The van der Waals surface area contributed by atoms with Crippen molar-refractivity contribution in [2.45, 2.75) is 63.2 Å². The van der Waals surface area contributed by atoms with Gasteiger partial charge in [-0.15, -0.1) is 0 Å². The van der Waals surface area contributed by atoms with E-state index in [4.69, 9.17) is 4.74 Å². The summed E-state index contributed by atoms with van der Waals surface area (Å²) in [4.78, 5) is 2.38. The van der Waals surface area contributed by atoms with Crippen LogP contribution >= 0.6 is 0 Å². The Morgan fingerprint density at radius 2 is 1.68 bits per heavy atom. The summed E-state index contributed by atoms with van der Waals surface area (Å²) in [5.41, 5.74) is 3.01. The Morgan fingerprint density at radius 3 is 2.36 bits per heavy atom. The second kappa shape index (κ2) is 6.37. The first-order valence-corrected chi connectivity index (χ1v) is 10.3. The number of aliphatic hydroxyl groups is 1. The lowest BCUT2D eigenvalue weighted by molar-refractivity contribution is -0.176. The third-order valence-electron chi connectivity index (χ3n) is 7.24. The first-order valence-electron chi connectivity index (χ1n) is 10.3. The van der Waals surface area contributed by atoms with Crippen molar-refractivity contribution in [1.82, 2.24) is 4.90 Å². The highest BCUT2D eigenvalue weighted by Crippen LogP contribution is 2.57. The fourth-order valence-electron chi connectivity index (χ4n) is 6.54. The number of hydrogen-bond donors (Lipinski definition) is 1. The van der Waals surface area contributed by atoms with E-state index in [2.05, 4.69) is 29.2 Å². The second-order valence-corrected chi connectivity index (χ2v) is 9.32. The molecule has 6 rings (SSSR count). The van der Waals surface area contributed by atoms with Gasteiger partial charge in [-0.3, -0.25) is 4.90 Å². The van der Waals surface area contributed by atoms with Crippen molar-refractivity contribution in [2.24, 2.45) is 17.8 Å². The van der Waals surface area contributed by atoms with Gasteiger partial charge in [0.25, 0.3) is 0 Å². The average molecular weight is 341 g/mol. The number of benzene rings is 1. The molecule has 1 aromatic rings. The zero-order chi connectivity index (χ0) is 16.9. The van der Waals surface area contributed by atoms with Crippen molar-refractivity contribution in [2.75, 3.05) is 19.7 Å². The van der Waals surface area contributed by atoms with Gasteiger partial charge in [-0.2, -0.15) is 0 Å². The van der Waals surface area contributed by atoms with E-state index in [1.54, 1.807) is 0 Å². The van der Waals surface area contributed by atoms with Crippen LogP contribution in [0.1, 0.15) is 49.7 Å². The maximum absolute atomic E-state index is 10.6. The maximum atomic E-state index is 10.6. The molecule has 4 fully saturated rings. The Hall–Kier alpha value is -0.900. The SMILES string of the molecule is OC(COC12CC3CC(CC(C3)C1)C2)CN1CCc2ccccc2C1. The molecule has 25 heavy (non-hydrogen) atoms. The van der Waals surface area contributed by atoms with Crippen LogP contribution in [0.2, 0.25) is 0 Å². The summed E-state index contributed by atoms with van der Waals surface area (Å²) in [6, 6.07) is 8.71. The summed E-state index contributed by atoms with van der Waals surface area (Å²) in [6.07, 6.45) is 8.82. The molecule has 1 N–H and O–H groups in total. The molecule has 1 aliphatic heterocycles. The summed E-state index contributed by atoms with van der Waals surface area (Å²) < 4.78 is 6.44. The molecule has 1 aromatic carbocycles. The molecule has 3 heteroatoms. The summed E-state index contributed by atoms with van der Waals surface area (Å²) >= 11 is 0. The van der Waals surface area contributed by atoms with E-state index >= 15 is 0 Å². The lowest BCUT2D eigenvalue weighted by Gasteiger charge is -2.56. The maximum Gasteiger partial charge on any atom is 0.0900 e.